The number of allylic oxidation sites excluding steroid dienone is 4. The first-order valence-electron chi connectivity index (χ1n) is 3.99. The van der Waals surface area contributed by atoms with E-state index in [0.29, 0.717) is 0 Å². The predicted octanol–water partition coefficient (Wildman–Crippen LogP) is 3.50. The van der Waals surface area contributed by atoms with Crippen molar-refractivity contribution in [2.24, 2.45) is 0 Å². The standard InChI is InChI=1S/C10H17/c1-4-6-7-8-9-10(3)5-2/h8-9H,4,6-7H2,1-3H3. The molecule has 0 aliphatic rings. The van der Waals surface area contributed by atoms with Crippen LogP contribution < -0.4 is 0 Å². The van der Waals surface area contributed by atoms with E-state index in [1.165, 1.54) is 24.8 Å². The van der Waals surface area contributed by atoms with Crippen LogP contribution in [0, 0.1) is 6.08 Å². The highest BCUT2D eigenvalue weighted by molar-refractivity contribution is 5.11. The average molecular weight is 137 g/mol. The first kappa shape index (κ1) is 9.48. The van der Waals surface area contributed by atoms with E-state index in [1.54, 1.807) is 0 Å². The highest BCUT2D eigenvalue weighted by Crippen LogP contribution is 1.98. The molecule has 0 spiro atoms. The Hall–Kier alpha value is -0.520. The molecule has 1 radical (unpaired) electrons. The molecule has 0 fully saturated rings. The maximum Gasteiger partial charge on any atom is -0.0348 e. The summed E-state index contributed by atoms with van der Waals surface area (Å²) in [6, 6.07) is 0. The smallest absolute Gasteiger partial charge is 0.0348 e. The lowest BCUT2D eigenvalue weighted by atomic mass is 10.2. The number of rotatable bonds is 4. The zero-order valence-corrected chi connectivity index (χ0v) is 7.28. The second-order valence-electron chi connectivity index (χ2n) is 2.48. The van der Waals surface area contributed by atoms with Crippen LogP contribution in [0.1, 0.15) is 40.0 Å². The Morgan fingerprint density at radius 3 is 2.70 bits per heavy atom. The van der Waals surface area contributed by atoms with Gasteiger partial charge in [-0.2, -0.15) is 0 Å². The SMILES string of the molecule is C/[C]=C(\C)C=CCCCC. The van der Waals surface area contributed by atoms with Crippen LogP contribution in [0.2, 0.25) is 0 Å². The Labute approximate surface area is 64.6 Å². The van der Waals surface area contributed by atoms with E-state index in [4.69, 9.17) is 0 Å². The zero-order valence-electron chi connectivity index (χ0n) is 7.28. The van der Waals surface area contributed by atoms with Crippen molar-refractivity contribution in [2.45, 2.75) is 40.0 Å². The molecule has 0 heterocycles. The van der Waals surface area contributed by atoms with Crippen molar-refractivity contribution in [1.29, 1.82) is 0 Å². The van der Waals surface area contributed by atoms with Crippen molar-refractivity contribution in [1.82, 2.24) is 0 Å². The highest BCUT2D eigenvalue weighted by Gasteiger charge is 1.78. The van der Waals surface area contributed by atoms with Gasteiger partial charge in [-0.1, -0.05) is 31.9 Å². The molecule has 0 unspecified atom stereocenters. The molecule has 0 aliphatic heterocycles. The maximum atomic E-state index is 3.07. The van der Waals surface area contributed by atoms with Gasteiger partial charge in [-0.15, -0.1) is 0 Å². The molecule has 0 aromatic carbocycles. The summed E-state index contributed by atoms with van der Waals surface area (Å²) in [6.45, 7) is 6.23. The lowest BCUT2D eigenvalue weighted by molar-refractivity contribution is 0.814. The van der Waals surface area contributed by atoms with Crippen molar-refractivity contribution in [3.63, 3.8) is 0 Å². The first-order valence-corrected chi connectivity index (χ1v) is 3.99. The highest BCUT2D eigenvalue weighted by atomic mass is 13.8. The van der Waals surface area contributed by atoms with E-state index >= 15 is 0 Å². The minimum Gasteiger partial charge on any atom is -0.0843 e. The van der Waals surface area contributed by atoms with Crippen LogP contribution in [0.25, 0.3) is 0 Å². The Balaban J connectivity index is 3.37. The predicted molar refractivity (Wildman–Crippen MR) is 46.8 cm³/mol. The van der Waals surface area contributed by atoms with Gasteiger partial charge >= 0.3 is 0 Å². The summed E-state index contributed by atoms with van der Waals surface area (Å²) in [5, 5.41) is 0. The van der Waals surface area contributed by atoms with Gasteiger partial charge in [0.2, 0.25) is 0 Å². The number of unbranched alkanes of at least 4 members (excludes halogenated alkanes) is 2. The van der Waals surface area contributed by atoms with Crippen molar-refractivity contribution >= 4 is 0 Å². The van der Waals surface area contributed by atoms with Crippen LogP contribution >= 0.6 is 0 Å². The molecule has 10 heavy (non-hydrogen) atoms. The van der Waals surface area contributed by atoms with E-state index in [1.807, 2.05) is 6.92 Å². The topological polar surface area (TPSA) is 0 Å². The van der Waals surface area contributed by atoms with Crippen LogP contribution in [0.4, 0.5) is 0 Å². The second kappa shape index (κ2) is 6.60. The molecule has 0 aromatic heterocycles. The Morgan fingerprint density at radius 1 is 1.50 bits per heavy atom. The van der Waals surface area contributed by atoms with Gasteiger partial charge in [-0.3, -0.25) is 0 Å². The fourth-order valence-corrected chi connectivity index (χ4v) is 0.665. The third-order valence-electron chi connectivity index (χ3n) is 1.49. The lowest BCUT2D eigenvalue weighted by Crippen LogP contribution is -1.69. The normalized spacial score (nSPS) is 12.9. The van der Waals surface area contributed by atoms with E-state index < -0.39 is 0 Å². The van der Waals surface area contributed by atoms with Gasteiger partial charge in [0.05, 0.1) is 0 Å². The van der Waals surface area contributed by atoms with Gasteiger partial charge < -0.3 is 0 Å². The third-order valence-corrected chi connectivity index (χ3v) is 1.49. The summed E-state index contributed by atoms with van der Waals surface area (Å²) in [5.41, 5.74) is 1.23. The van der Waals surface area contributed by atoms with E-state index in [-0.39, 0.29) is 0 Å². The molecule has 0 saturated heterocycles. The molecule has 0 amide bonds. The van der Waals surface area contributed by atoms with Gasteiger partial charge in [0, 0.05) is 0 Å². The molecular weight excluding hydrogens is 120 g/mol. The molecule has 0 atom stereocenters. The van der Waals surface area contributed by atoms with Crippen LogP contribution in [0.15, 0.2) is 17.7 Å². The van der Waals surface area contributed by atoms with Crippen molar-refractivity contribution < 1.29 is 0 Å². The molecule has 0 N–H and O–H groups in total. The van der Waals surface area contributed by atoms with Gasteiger partial charge in [-0.05, 0) is 31.9 Å². The molecule has 0 aliphatic carbocycles. The third kappa shape index (κ3) is 5.61. The maximum absolute atomic E-state index is 3.07. The monoisotopic (exact) mass is 137 g/mol. The summed E-state index contributed by atoms with van der Waals surface area (Å²) in [7, 11) is 0. The molecule has 0 rings (SSSR count). The van der Waals surface area contributed by atoms with E-state index in [0.717, 1.165) is 0 Å². The second-order valence-corrected chi connectivity index (χ2v) is 2.48. The van der Waals surface area contributed by atoms with Crippen LogP contribution in [-0.4, -0.2) is 0 Å². The summed E-state index contributed by atoms with van der Waals surface area (Å²) in [5.74, 6) is 0. The molecule has 57 valence electrons. The molecule has 0 heteroatoms. The average Bonchev–Trinajstić information content (AvgIpc) is 1.98. The van der Waals surface area contributed by atoms with Crippen molar-refractivity contribution in [2.75, 3.05) is 0 Å². The zero-order chi connectivity index (χ0) is 7.82. The molecule has 0 aromatic rings. The van der Waals surface area contributed by atoms with Gasteiger partial charge in [0.1, 0.15) is 0 Å². The minimum absolute atomic E-state index is 1.20. The first-order chi connectivity index (χ1) is 4.81. The minimum atomic E-state index is 1.20. The fourth-order valence-electron chi connectivity index (χ4n) is 0.665. The Kier molecular flexibility index (Phi) is 6.25. The molecular formula is C10H17. The Bertz CT molecular complexity index is 118. The van der Waals surface area contributed by atoms with E-state index in [9.17, 15) is 0 Å². The van der Waals surface area contributed by atoms with Crippen LogP contribution in [0.3, 0.4) is 0 Å². The largest absolute Gasteiger partial charge is 0.0843 e. The lowest BCUT2D eigenvalue weighted by Gasteiger charge is -1.88. The van der Waals surface area contributed by atoms with Gasteiger partial charge in [-0.25, -0.2) is 0 Å². The number of hydrogen-bond donors (Lipinski definition) is 0. The number of hydrogen-bond acceptors (Lipinski definition) is 0. The van der Waals surface area contributed by atoms with Crippen LogP contribution in [0.5, 0.6) is 0 Å². The molecule has 0 saturated carbocycles. The molecule has 0 bridgehead atoms. The molecule has 0 nitrogen and oxygen atoms in total. The summed E-state index contributed by atoms with van der Waals surface area (Å²) in [6.07, 6.45) is 11.2. The van der Waals surface area contributed by atoms with Crippen LogP contribution in [-0.2, 0) is 0 Å². The summed E-state index contributed by atoms with van der Waals surface area (Å²) < 4.78 is 0. The van der Waals surface area contributed by atoms with E-state index in [2.05, 4.69) is 32.1 Å². The van der Waals surface area contributed by atoms with Gasteiger partial charge in [0.25, 0.3) is 0 Å². The summed E-state index contributed by atoms with van der Waals surface area (Å²) >= 11 is 0. The van der Waals surface area contributed by atoms with Crippen molar-refractivity contribution in [3.05, 3.63) is 23.8 Å². The van der Waals surface area contributed by atoms with Gasteiger partial charge in [0.15, 0.2) is 0 Å². The Morgan fingerprint density at radius 2 is 2.20 bits per heavy atom. The fraction of sp³-hybridized carbons (Fsp3) is 0.600. The van der Waals surface area contributed by atoms with Crippen molar-refractivity contribution in [3.8, 4) is 0 Å². The quantitative estimate of drug-likeness (QED) is 0.411. The summed E-state index contributed by atoms with van der Waals surface area (Å²) in [4.78, 5) is 0.